The lowest BCUT2D eigenvalue weighted by atomic mass is 10.0. The van der Waals surface area contributed by atoms with Crippen LogP contribution in [0.2, 0.25) is 0 Å². The number of aliphatic hydroxyl groups is 1. The number of quaternary nitrogens is 1. The summed E-state index contributed by atoms with van der Waals surface area (Å²) < 4.78 is 12.1. The van der Waals surface area contributed by atoms with E-state index in [9.17, 15) is 19.5 Å². The Morgan fingerprint density at radius 3 is 1.35 bits per heavy atom. The Bertz CT molecular complexity index is 541. The van der Waals surface area contributed by atoms with E-state index in [1.165, 1.54) is 96.3 Å². The third-order valence-corrected chi connectivity index (χ3v) is 8.06. The second kappa shape index (κ2) is 19.9. The highest BCUT2D eigenvalue weighted by atomic mass is 31.2. The Balaban J connectivity index is 3.55. The Morgan fingerprint density at radius 2 is 1.00 bits per heavy atom. The second-order valence-electron chi connectivity index (χ2n) is 11.4. The number of nitrogens with zero attached hydrogens (tertiary/aromatic N) is 1. The predicted molar refractivity (Wildman–Crippen MR) is 147 cm³/mol. The highest BCUT2D eigenvalue weighted by Crippen LogP contribution is 2.52. The van der Waals surface area contributed by atoms with Crippen molar-refractivity contribution in [2.45, 2.75) is 141 Å². The molecule has 0 saturated heterocycles. The molecule has 3 N–H and O–H groups in total. The van der Waals surface area contributed by atoms with Gasteiger partial charge < -0.3 is 19.4 Å². The molecule has 0 aliphatic heterocycles. The summed E-state index contributed by atoms with van der Waals surface area (Å²) in [5.41, 5.74) is 0. The molecule has 0 fully saturated rings. The number of rotatable bonds is 24. The van der Waals surface area contributed by atoms with Gasteiger partial charge in [-0.25, -0.2) is 0 Å². The molecule has 0 saturated carbocycles. The molecule has 1 unspecified atom stereocenters. The van der Waals surface area contributed by atoms with Crippen LogP contribution in [0.4, 0.5) is 0 Å². The van der Waals surface area contributed by atoms with Crippen LogP contribution in [-0.4, -0.2) is 52.4 Å². The fourth-order valence-electron chi connectivity index (χ4n) is 4.62. The molecule has 0 rings (SSSR count). The van der Waals surface area contributed by atoms with Gasteiger partial charge in [-0.1, -0.05) is 109 Å². The van der Waals surface area contributed by atoms with Crippen LogP contribution in [0.3, 0.4) is 0 Å². The summed E-state index contributed by atoms with van der Waals surface area (Å²) in [7, 11) is 0.977. The van der Waals surface area contributed by atoms with E-state index in [1.54, 1.807) is 0 Å². The molecule has 0 aromatic carbocycles. The maximum Gasteiger partial charge on any atom is 0.362 e. The number of unbranched alkanes of at least 4 members (excludes halogenated alkanes) is 17. The lowest BCUT2D eigenvalue weighted by Crippen LogP contribution is -2.49. The smallest absolute Gasteiger partial charge is 0.362 e. The first kappa shape index (κ1) is 33.8. The van der Waals surface area contributed by atoms with E-state index < -0.39 is 12.9 Å². The Hall–Kier alpha value is -0.190. The zero-order valence-electron chi connectivity index (χ0n) is 23.1. The normalized spacial score (nSPS) is 14.7. The van der Waals surface area contributed by atoms with Crippen molar-refractivity contribution in [2.75, 3.05) is 27.7 Å². The Kier molecular flexibility index (Phi) is 19.8. The van der Waals surface area contributed by atoms with Crippen LogP contribution in [0.25, 0.3) is 0 Å². The molecule has 0 heterocycles. The molecule has 0 aliphatic rings. The van der Waals surface area contributed by atoms with Gasteiger partial charge in [-0.2, -0.15) is 0 Å². The molecule has 0 spiro atoms. The fraction of sp³-hybridized carbons (Fsp3) is 0.929. The molecular formula is C28H59NO4P+. The molecule has 0 aliphatic carbocycles. The summed E-state index contributed by atoms with van der Waals surface area (Å²) in [5.74, 6) is 0. The van der Waals surface area contributed by atoms with Gasteiger partial charge in [-0.05, 0) is 38.5 Å². The molecule has 0 aromatic rings. The topological polar surface area (TPSA) is 77.8 Å². The number of likely N-dealkylation sites (N-methyl/N-ethyl adjacent to an activating group) is 1. The standard InChI is InChI=1S/C28H58NO4P/c1-5-6-7-8-9-10-11-12-13-14-15-16-17-18-19-20-21-22-23-24-25-26-28(30,34(31,32)33)27-29(2,3)4/h16-17,30H,5-15,18-27H2,1-4H3,(H-,31,32,33)/p+1/b17-16-. The van der Waals surface area contributed by atoms with Gasteiger partial charge in [0.05, 0.1) is 21.1 Å². The van der Waals surface area contributed by atoms with Crippen molar-refractivity contribution in [1.82, 2.24) is 0 Å². The summed E-state index contributed by atoms with van der Waals surface area (Å²) in [6.07, 6.45) is 28.7. The van der Waals surface area contributed by atoms with E-state index in [1.807, 2.05) is 21.1 Å². The first-order valence-corrected chi connectivity index (χ1v) is 15.9. The van der Waals surface area contributed by atoms with E-state index in [0.717, 1.165) is 19.3 Å². The molecule has 5 nitrogen and oxygen atoms in total. The summed E-state index contributed by atoms with van der Waals surface area (Å²) in [6.45, 7) is 2.33. The molecule has 0 radical (unpaired) electrons. The van der Waals surface area contributed by atoms with E-state index in [-0.39, 0.29) is 13.0 Å². The van der Waals surface area contributed by atoms with Gasteiger partial charge >= 0.3 is 7.60 Å². The molecule has 34 heavy (non-hydrogen) atoms. The van der Waals surface area contributed by atoms with Crippen molar-refractivity contribution >= 4 is 7.60 Å². The minimum atomic E-state index is -4.55. The summed E-state index contributed by atoms with van der Waals surface area (Å²) >= 11 is 0. The molecule has 0 bridgehead atoms. The minimum absolute atomic E-state index is 0.0595. The molecule has 1 atom stereocenters. The van der Waals surface area contributed by atoms with E-state index in [0.29, 0.717) is 10.9 Å². The van der Waals surface area contributed by atoms with Crippen molar-refractivity contribution in [3.8, 4) is 0 Å². The zero-order chi connectivity index (χ0) is 25.8. The van der Waals surface area contributed by atoms with Gasteiger partial charge in [0.25, 0.3) is 0 Å². The van der Waals surface area contributed by atoms with Crippen LogP contribution >= 0.6 is 7.60 Å². The number of hydrogen-bond donors (Lipinski definition) is 3. The molecule has 0 amide bonds. The summed E-state index contributed by atoms with van der Waals surface area (Å²) in [5, 5.41) is 8.65. The molecule has 6 heteroatoms. The maximum atomic E-state index is 11.8. The first-order chi connectivity index (χ1) is 16.0. The van der Waals surface area contributed by atoms with Gasteiger partial charge in [0.15, 0.2) is 0 Å². The summed E-state index contributed by atoms with van der Waals surface area (Å²) in [6, 6.07) is 0. The van der Waals surface area contributed by atoms with Crippen molar-refractivity contribution in [2.24, 2.45) is 0 Å². The zero-order valence-corrected chi connectivity index (χ0v) is 24.0. The van der Waals surface area contributed by atoms with Crippen LogP contribution < -0.4 is 0 Å². The van der Waals surface area contributed by atoms with E-state index in [4.69, 9.17) is 0 Å². The average molecular weight is 505 g/mol. The van der Waals surface area contributed by atoms with Crippen LogP contribution in [0.1, 0.15) is 135 Å². The van der Waals surface area contributed by atoms with Gasteiger partial charge in [0, 0.05) is 0 Å². The highest BCUT2D eigenvalue weighted by Gasteiger charge is 2.48. The lowest BCUT2D eigenvalue weighted by molar-refractivity contribution is -0.875. The van der Waals surface area contributed by atoms with Gasteiger partial charge in [0.1, 0.15) is 6.54 Å². The minimum Gasteiger partial charge on any atom is -0.373 e. The lowest BCUT2D eigenvalue weighted by Gasteiger charge is -2.35. The molecular weight excluding hydrogens is 445 g/mol. The quantitative estimate of drug-likeness (QED) is 0.0539. The van der Waals surface area contributed by atoms with Crippen molar-refractivity contribution < 1.29 is 23.9 Å². The average Bonchev–Trinajstić information content (AvgIpc) is 2.73. The van der Waals surface area contributed by atoms with Crippen molar-refractivity contribution in [3.63, 3.8) is 0 Å². The Morgan fingerprint density at radius 1 is 0.647 bits per heavy atom. The monoisotopic (exact) mass is 504 g/mol. The van der Waals surface area contributed by atoms with Crippen LogP contribution in [0.5, 0.6) is 0 Å². The van der Waals surface area contributed by atoms with Crippen LogP contribution in [-0.2, 0) is 4.57 Å². The van der Waals surface area contributed by atoms with Crippen LogP contribution in [0.15, 0.2) is 12.2 Å². The van der Waals surface area contributed by atoms with Gasteiger partial charge in [-0.3, -0.25) is 4.57 Å². The SMILES string of the molecule is CCCCCCCCCCCC/C=C\CCCCCCCCCC(O)(C[N+](C)(C)C)P(=O)(O)O. The summed E-state index contributed by atoms with van der Waals surface area (Å²) in [4.78, 5) is 19.2. The van der Waals surface area contributed by atoms with Crippen molar-refractivity contribution in [3.05, 3.63) is 12.2 Å². The third-order valence-electron chi connectivity index (χ3n) is 6.61. The first-order valence-electron chi connectivity index (χ1n) is 14.3. The van der Waals surface area contributed by atoms with Gasteiger partial charge in [-0.15, -0.1) is 0 Å². The number of allylic oxidation sites excluding steroid dienone is 2. The largest absolute Gasteiger partial charge is 0.373 e. The second-order valence-corrected chi connectivity index (χ2v) is 13.4. The highest BCUT2D eigenvalue weighted by molar-refractivity contribution is 7.53. The number of hydrogen-bond acceptors (Lipinski definition) is 2. The van der Waals surface area contributed by atoms with Crippen molar-refractivity contribution in [1.29, 1.82) is 0 Å². The third kappa shape index (κ3) is 20.0. The molecule has 0 aromatic heterocycles. The molecule has 204 valence electrons. The fourth-order valence-corrected chi connectivity index (χ4v) is 5.67. The van der Waals surface area contributed by atoms with E-state index >= 15 is 0 Å². The van der Waals surface area contributed by atoms with E-state index in [2.05, 4.69) is 19.1 Å². The van der Waals surface area contributed by atoms with Crippen LogP contribution in [0, 0.1) is 0 Å². The predicted octanol–water partition coefficient (Wildman–Crippen LogP) is 7.94. The van der Waals surface area contributed by atoms with Gasteiger partial charge in [0.2, 0.25) is 5.34 Å². The Labute approximate surface area is 212 Å². The maximum absolute atomic E-state index is 11.8.